The largest absolute Gasteiger partial charge is 0.394 e. The van der Waals surface area contributed by atoms with E-state index in [4.69, 9.17) is 9.84 Å². The van der Waals surface area contributed by atoms with Crippen LogP contribution in [0.15, 0.2) is 0 Å². The number of nitrogens with one attached hydrogen (secondary N) is 2. The molecule has 3 N–H and O–H groups in total. The lowest BCUT2D eigenvalue weighted by atomic mass is 10.3. The van der Waals surface area contributed by atoms with Crippen LogP contribution in [-0.2, 0) is 9.53 Å². The van der Waals surface area contributed by atoms with Gasteiger partial charge in [0.05, 0.1) is 13.2 Å². The van der Waals surface area contributed by atoms with Crippen LogP contribution in [0.4, 0.5) is 0 Å². The van der Waals surface area contributed by atoms with E-state index in [1.54, 1.807) is 0 Å². The van der Waals surface area contributed by atoms with E-state index in [2.05, 4.69) is 10.6 Å². The minimum Gasteiger partial charge on any atom is -0.394 e. The molecule has 0 bridgehead atoms. The summed E-state index contributed by atoms with van der Waals surface area (Å²) >= 11 is 0. The van der Waals surface area contributed by atoms with Gasteiger partial charge >= 0.3 is 0 Å². The van der Waals surface area contributed by atoms with Gasteiger partial charge in [0.25, 0.3) is 0 Å². The van der Waals surface area contributed by atoms with Crippen molar-refractivity contribution in [3.05, 3.63) is 0 Å². The molecule has 0 aromatic rings. The second kappa shape index (κ2) is 11.4. The lowest BCUT2D eigenvalue weighted by Crippen LogP contribution is -2.26. The number of amides is 1. The van der Waals surface area contributed by atoms with Crippen molar-refractivity contribution in [2.75, 3.05) is 40.0 Å². The average molecular weight is 218 g/mol. The molecule has 0 spiro atoms. The highest BCUT2D eigenvalue weighted by Crippen LogP contribution is 1.87. The number of hydrogen-bond donors (Lipinski definition) is 3. The summed E-state index contributed by atoms with van der Waals surface area (Å²) in [5.74, 6) is 0.0902. The van der Waals surface area contributed by atoms with Crippen molar-refractivity contribution < 1.29 is 14.6 Å². The van der Waals surface area contributed by atoms with Crippen molar-refractivity contribution in [3.63, 3.8) is 0 Å². The Morgan fingerprint density at radius 1 is 1.27 bits per heavy atom. The first-order chi connectivity index (χ1) is 7.31. The first-order valence-electron chi connectivity index (χ1n) is 5.41. The van der Waals surface area contributed by atoms with E-state index in [9.17, 15) is 4.79 Å². The van der Waals surface area contributed by atoms with Gasteiger partial charge in [-0.15, -0.1) is 0 Å². The molecule has 0 rings (SSSR count). The number of hydrogen-bond acceptors (Lipinski definition) is 4. The maximum Gasteiger partial charge on any atom is 0.220 e. The van der Waals surface area contributed by atoms with Crippen molar-refractivity contribution in [3.8, 4) is 0 Å². The van der Waals surface area contributed by atoms with Gasteiger partial charge in [0, 0.05) is 19.6 Å². The summed E-state index contributed by atoms with van der Waals surface area (Å²) in [7, 11) is 1.87. The summed E-state index contributed by atoms with van der Waals surface area (Å²) in [6.45, 7) is 2.51. The number of carbonyl (C=O) groups excluding carboxylic acids is 1. The number of aliphatic hydroxyl groups excluding tert-OH is 1. The predicted molar refractivity (Wildman–Crippen MR) is 58.7 cm³/mol. The first-order valence-corrected chi connectivity index (χ1v) is 5.41. The minimum atomic E-state index is 0.0520. The molecular weight excluding hydrogens is 196 g/mol. The zero-order valence-corrected chi connectivity index (χ0v) is 9.42. The molecule has 0 radical (unpaired) electrons. The highest BCUT2D eigenvalue weighted by atomic mass is 16.5. The van der Waals surface area contributed by atoms with Crippen LogP contribution in [-0.4, -0.2) is 51.0 Å². The molecule has 0 fully saturated rings. The Bertz CT molecular complexity index is 154. The van der Waals surface area contributed by atoms with Gasteiger partial charge in [-0.1, -0.05) is 0 Å². The molecule has 90 valence electrons. The third-order valence-electron chi connectivity index (χ3n) is 1.85. The van der Waals surface area contributed by atoms with E-state index < -0.39 is 0 Å². The van der Waals surface area contributed by atoms with Crippen molar-refractivity contribution in [2.45, 2.75) is 19.3 Å². The molecule has 0 aliphatic carbocycles. The molecule has 15 heavy (non-hydrogen) atoms. The van der Waals surface area contributed by atoms with E-state index in [0.29, 0.717) is 26.2 Å². The standard InChI is InChI=1S/C10H22N2O3/c1-11-5-2-4-10(14)12-6-3-8-15-9-7-13/h11,13H,2-9H2,1H3,(H,12,14). The second-order valence-electron chi connectivity index (χ2n) is 3.25. The maximum atomic E-state index is 11.2. The normalized spacial score (nSPS) is 10.3. The van der Waals surface area contributed by atoms with E-state index in [1.807, 2.05) is 7.05 Å². The van der Waals surface area contributed by atoms with Gasteiger partial charge in [-0.3, -0.25) is 4.79 Å². The molecule has 0 aliphatic heterocycles. The van der Waals surface area contributed by atoms with Crippen molar-refractivity contribution in [1.29, 1.82) is 0 Å². The molecule has 0 unspecified atom stereocenters. The highest BCUT2D eigenvalue weighted by Gasteiger charge is 1.98. The SMILES string of the molecule is CNCCCC(=O)NCCCOCCO. The number of carbonyl (C=O) groups is 1. The van der Waals surface area contributed by atoms with Gasteiger partial charge in [-0.05, 0) is 26.4 Å². The summed E-state index contributed by atoms with van der Waals surface area (Å²) in [5, 5.41) is 14.2. The van der Waals surface area contributed by atoms with Gasteiger partial charge in [0.2, 0.25) is 5.91 Å². The van der Waals surface area contributed by atoms with Gasteiger partial charge in [-0.25, -0.2) is 0 Å². The minimum absolute atomic E-state index is 0.0520. The fourth-order valence-corrected chi connectivity index (χ4v) is 1.08. The summed E-state index contributed by atoms with van der Waals surface area (Å²) in [6.07, 6.45) is 2.22. The van der Waals surface area contributed by atoms with Crippen molar-refractivity contribution in [1.82, 2.24) is 10.6 Å². The van der Waals surface area contributed by atoms with Crippen LogP contribution in [0.3, 0.4) is 0 Å². The maximum absolute atomic E-state index is 11.2. The molecule has 0 saturated carbocycles. The summed E-state index contributed by atoms with van der Waals surface area (Å²) < 4.78 is 5.05. The third-order valence-corrected chi connectivity index (χ3v) is 1.85. The lowest BCUT2D eigenvalue weighted by molar-refractivity contribution is -0.121. The second-order valence-corrected chi connectivity index (χ2v) is 3.25. The lowest BCUT2D eigenvalue weighted by Gasteiger charge is -2.05. The molecule has 1 amide bonds. The van der Waals surface area contributed by atoms with Crippen molar-refractivity contribution in [2.24, 2.45) is 0 Å². The molecule has 0 atom stereocenters. The molecule has 0 heterocycles. The first kappa shape index (κ1) is 14.3. The zero-order valence-electron chi connectivity index (χ0n) is 9.42. The Labute approximate surface area is 91.2 Å². The monoisotopic (exact) mass is 218 g/mol. The van der Waals surface area contributed by atoms with Crippen LogP contribution in [0.25, 0.3) is 0 Å². The van der Waals surface area contributed by atoms with E-state index in [0.717, 1.165) is 19.4 Å². The van der Waals surface area contributed by atoms with Crippen LogP contribution in [0.1, 0.15) is 19.3 Å². The van der Waals surface area contributed by atoms with Gasteiger partial charge in [0.1, 0.15) is 0 Å². The van der Waals surface area contributed by atoms with Crippen LogP contribution in [0.2, 0.25) is 0 Å². The number of ether oxygens (including phenoxy) is 1. The molecule has 0 aromatic carbocycles. The smallest absolute Gasteiger partial charge is 0.220 e. The molecule has 0 aromatic heterocycles. The summed E-state index contributed by atoms with van der Waals surface area (Å²) in [4.78, 5) is 11.2. The molecule has 5 nitrogen and oxygen atoms in total. The topological polar surface area (TPSA) is 70.6 Å². The fraction of sp³-hybridized carbons (Fsp3) is 0.900. The highest BCUT2D eigenvalue weighted by molar-refractivity contribution is 5.75. The fourth-order valence-electron chi connectivity index (χ4n) is 1.08. The van der Waals surface area contributed by atoms with Gasteiger partial charge in [0.15, 0.2) is 0 Å². The predicted octanol–water partition coefficient (Wildman–Crippen LogP) is -0.499. The van der Waals surface area contributed by atoms with E-state index in [-0.39, 0.29) is 12.5 Å². The number of aliphatic hydroxyl groups is 1. The summed E-state index contributed by atoms with van der Waals surface area (Å²) in [6, 6.07) is 0. The quantitative estimate of drug-likeness (QED) is 0.432. The zero-order chi connectivity index (χ0) is 11.4. The third kappa shape index (κ3) is 11.3. The Hall–Kier alpha value is -0.650. The van der Waals surface area contributed by atoms with Crippen LogP contribution in [0, 0.1) is 0 Å². The molecular formula is C10H22N2O3. The van der Waals surface area contributed by atoms with Crippen LogP contribution >= 0.6 is 0 Å². The van der Waals surface area contributed by atoms with Gasteiger partial charge < -0.3 is 20.5 Å². The van der Waals surface area contributed by atoms with Crippen molar-refractivity contribution >= 4 is 5.91 Å². The Kier molecular flexibility index (Phi) is 10.9. The van der Waals surface area contributed by atoms with Gasteiger partial charge in [-0.2, -0.15) is 0 Å². The number of rotatable bonds is 10. The van der Waals surface area contributed by atoms with E-state index >= 15 is 0 Å². The summed E-state index contributed by atoms with van der Waals surface area (Å²) in [5.41, 5.74) is 0. The van der Waals surface area contributed by atoms with E-state index in [1.165, 1.54) is 0 Å². The van der Waals surface area contributed by atoms with Crippen LogP contribution in [0.5, 0.6) is 0 Å². The Morgan fingerprint density at radius 3 is 2.73 bits per heavy atom. The molecule has 5 heteroatoms. The average Bonchev–Trinajstić information content (AvgIpc) is 2.23. The Balaban J connectivity index is 3.10. The Morgan fingerprint density at radius 2 is 2.07 bits per heavy atom. The van der Waals surface area contributed by atoms with Crippen LogP contribution < -0.4 is 10.6 Å². The molecule has 0 aliphatic rings. The molecule has 0 saturated heterocycles.